The topological polar surface area (TPSA) is 99.3 Å². The minimum absolute atomic E-state index is 0.0513. The number of anilines is 1. The maximum atomic E-state index is 13.2. The second-order valence-corrected chi connectivity index (χ2v) is 11.1. The molecular formula is C23H21N3O4S2. The Bertz CT molecular complexity index is 1260. The fraction of sp³-hybridized carbons (Fsp3) is 0.391. The van der Waals surface area contributed by atoms with Crippen molar-refractivity contribution >= 4 is 52.6 Å². The van der Waals surface area contributed by atoms with Gasteiger partial charge in [0.2, 0.25) is 17.7 Å². The Labute approximate surface area is 192 Å². The number of likely N-dealkylation sites (tertiary alicyclic amines) is 1. The molecule has 4 aliphatic rings. The number of amides is 3. The number of fused-ring (bicyclic) bond motifs is 9. The molecule has 6 rings (SSSR count). The molecule has 0 radical (unpaired) electrons. The Morgan fingerprint density at radius 2 is 2.03 bits per heavy atom. The normalized spacial score (nSPS) is 29.6. The monoisotopic (exact) mass is 467 g/mol. The third kappa shape index (κ3) is 2.94. The van der Waals surface area contributed by atoms with E-state index >= 15 is 0 Å². The lowest BCUT2D eigenvalue weighted by Crippen LogP contribution is -2.35. The zero-order valence-electron chi connectivity index (χ0n) is 17.3. The Balaban J connectivity index is 1.17. The minimum atomic E-state index is -0.326. The lowest BCUT2D eigenvalue weighted by atomic mass is 9.77. The quantitative estimate of drug-likeness (QED) is 0.674. The maximum absolute atomic E-state index is 13.2. The molecule has 3 fully saturated rings. The largest absolute Gasteiger partial charge is 0.326 e. The van der Waals surface area contributed by atoms with Gasteiger partial charge in [0.1, 0.15) is 0 Å². The summed E-state index contributed by atoms with van der Waals surface area (Å²) in [4.78, 5) is 55.6. The Morgan fingerprint density at radius 3 is 2.84 bits per heavy atom. The van der Waals surface area contributed by atoms with Crippen LogP contribution in [0.3, 0.4) is 0 Å². The molecular weight excluding hydrogens is 446 g/mol. The van der Waals surface area contributed by atoms with E-state index in [0.29, 0.717) is 5.69 Å². The molecule has 0 spiro atoms. The molecule has 5 atom stereocenters. The number of carbonyl (C=O) groups is 3. The molecule has 164 valence electrons. The number of aromatic amines is 1. The van der Waals surface area contributed by atoms with Crippen molar-refractivity contribution in [2.24, 2.45) is 23.7 Å². The standard InChI is InChI=1S/C23H21N3O4S2/c1-10-3-2-4-11(7-10)24-16(27)5-6-26-21(28)17-12-8-14(18(17)22(26)29)19-13(12)9-15-20(32-19)25-23(30)31-15/h2-4,7,9,12,14,17-19H,5-6,8H2,1H3,(H,24,27)(H,25,30). The third-order valence-corrected chi connectivity index (χ3v) is 9.50. The number of thiazole rings is 1. The summed E-state index contributed by atoms with van der Waals surface area (Å²) >= 11 is 2.82. The zero-order chi connectivity index (χ0) is 22.1. The molecule has 1 aromatic carbocycles. The van der Waals surface area contributed by atoms with Crippen LogP contribution in [0, 0.1) is 30.6 Å². The highest BCUT2D eigenvalue weighted by atomic mass is 32.2. The molecule has 2 aliphatic heterocycles. The van der Waals surface area contributed by atoms with E-state index < -0.39 is 0 Å². The van der Waals surface area contributed by atoms with Gasteiger partial charge in [-0.05, 0) is 49.0 Å². The molecule has 2 aromatic rings. The van der Waals surface area contributed by atoms with Gasteiger partial charge in [-0.15, -0.1) is 0 Å². The van der Waals surface area contributed by atoms with Gasteiger partial charge >= 0.3 is 4.87 Å². The van der Waals surface area contributed by atoms with Crippen molar-refractivity contribution < 1.29 is 14.4 Å². The average Bonchev–Trinajstić information content (AvgIpc) is 3.46. The lowest BCUT2D eigenvalue weighted by molar-refractivity contribution is -0.140. The fourth-order valence-corrected chi connectivity index (χ4v) is 8.30. The first-order chi connectivity index (χ1) is 15.4. The van der Waals surface area contributed by atoms with Gasteiger partial charge in [-0.1, -0.05) is 40.8 Å². The van der Waals surface area contributed by atoms with E-state index in [1.165, 1.54) is 21.8 Å². The van der Waals surface area contributed by atoms with Crippen molar-refractivity contribution in [2.75, 3.05) is 11.9 Å². The molecule has 9 heteroatoms. The Hall–Kier alpha value is -2.65. The Kier molecular flexibility index (Phi) is 4.49. The summed E-state index contributed by atoms with van der Waals surface area (Å²) in [6.45, 7) is 2.06. The Morgan fingerprint density at radius 1 is 1.22 bits per heavy atom. The number of nitrogens with one attached hydrogen (secondary N) is 2. The van der Waals surface area contributed by atoms with Crippen LogP contribution in [0.1, 0.15) is 23.3 Å². The molecule has 3 amide bonds. The van der Waals surface area contributed by atoms with Gasteiger partial charge < -0.3 is 10.3 Å². The highest BCUT2D eigenvalue weighted by Gasteiger charge is 2.66. The SMILES string of the molecule is Cc1cccc(NC(=O)CCN2C(=O)C3C4CC(C5Sc6[nH]c(=O)sc6C=C45)C3C2=O)c1. The molecule has 3 heterocycles. The molecule has 2 aliphatic carbocycles. The molecule has 1 saturated heterocycles. The van der Waals surface area contributed by atoms with Crippen LogP contribution < -0.4 is 10.2 Å². The van der Waals surface area contributed by atoms with E-state index in [-0.39, 0.29) is 64.5 Å². The van der Waals surface area contributed by atoms with Crippen molar-refractivity contribution in [3.05, 3.63) is 49.9 Å². The number of aryl methyl sites for hydroxylation is 1. The summed E-state index contributed by atoms with van der Waals surface area (Å²) in [5.41, 5.74) is 2.95. The summed E-state index contributed by atoms with van der Waals surface area (Å²) in [5, 5.41) is 3.85. The predicted octanol–water partition coefficient (Wildman–Crippen LogP) is 2.88. The maximum Gasteiger partial charge on any atom is 0.305 e. The molecule has 1 aromatic heterocycles. The van der Waals surface area contributed by atoms with Gasteiger partial charge in [-0.25, -0.2) is 0 Å². The number of thioether (sulfide) groups is 1. The first-order valence-electron chi connectivity index (χ1n) is 10.7. The van der Waals surface area contributed by atoms with E-state index in [1.807, 2.05) is 31.2 Å². The number of nitrogens with zero attached hydrogens (tertiary/aromatic N) is 1. The van der Waals surface area contributed by atoms with Crippen molar-refractivity contribution in [1.29, 1.82) is 0 Å². The van der Waals surface area contributed by atoms with Gasteiger partial charge in [-0.2, -0.15) is 0 Å². The first-order valence-corrected chi connectivity index (χ1v) is 12.4. The van der Waals surface area contributed by atoms with Crippen LogP contribution in [-0.4, -0.2) is 39.4 Å². The van der Waals surface area contributed by atoms with E-state index in [4.69, 9.17) is 0 Å². The molecule has 2 bridgehead atoms. The highest BCUT2D eigenvalue weighted by molar-refractivity contribution is 8.00. The van der Waals surface area contributed by atoms with E-state index in [1.54, 1.807) is 11.8 Å². The summed E-state index contributed by atoms with van der Waals surface area (Å²) in [7, 11) is 0. The number of imide groups is 1. The second-order valence-electron chi connectivity index (χ2n) is 8.94. The molecule has 5 unspecified atom stereocenters. The molecule has 32 heavy (non-hydrogen) atoms. The van der Waals surface area contributed by atoms with Gasteiger partial charge in [0.15, 0.2) is 0 Å². The zero-order valence-corrected chi connectivity index (χ0v) is 18.9. The summed E-state index contributed by atoms with van der Waals surface area (Å²) < 4.78 is 0. The van der Waals surface area contributed by atoms with Crippen LogP contribution in [0.4, 0.5) is 5.69 Å². The van der Waals surface area contributed by atoms with Gasteiger partial charge in [-0.3, -0.25) is 24.1 Å². The van der Waals surface area contributed by atoms with Crippen molar-refractivity contribution in [3.8, 4) is 0 Å². The van der Waals surface area contributed by atoms with Crippen LogP contribution in [0.5, 0.6) is 0 Å². The molecule has 7 nitrogen and oxygen atoms in total. The van der Waals surface area contributed by atoms with Gasteiger partial charge in [0.25, 0.3) is 0 Å². The number of benzene rings is 1. The summed E-state index contributed by atoms with van der Waals surface area (Å²) in [6.07, 6.45) is 2.99. The van der Waals surface area contributed by atoms with Gasteiger partial charge in [0, 0.05) is 23.9 Å². The number of rotatable bonds is 4. The van der Waals surface area contributed by atoms with E-state index in [9.17, 15) is 19.2 Å². The lowest BCUT2D eigenvalue weighted by Gasteiger charge is -2.32. The van der Waals surface area contributed by atoms with E-state index in [2.05, 4.69) is 16.4 Å². The van der Waals surface area contributed by atoms with Crippen LogP contribution in [0.15, 0.2) is 39.7 Å². The van der Waals surface area contributed by atoms with Crippen molar-refractivity contribution in [1.82, 2.24) is 9.88 Å². The van der Waals surface area contributed by atoms with E-state index in [0.717, 1.165) is 21.9 Å². The first kappa shape index (κ1) is 20.0. The van der Waals surface area contributed by atoms with Crippen LogP contribution >= 0.6 is 23.1 Å². The fourth-order valence-electron chi connectivity index (χ4n) is 5.86. The summed E-state index contributed by atoms with van der Waals surface area (Å²) in [5.74, 6) is -0.984. The van der Waals surface area contributed by atoms with Crippen LogP contribution in [0.2, 0.25) is 0 Å². The average molecular weight is 468 g/mol. The molecule has 2 N–H and O–H groups in total. The second kappa shape index (κ2) is 7.18. The van der Waals surface area contributed by atoms with Gasteiger partial charge in [0.05, 0.1) is 21.7 Å². The third-order valence-electron chi connectivity index (χ3n) is 7.10. The van der Waals surface area contributed by atoms with Crippen molar-refractivity contribution in [3.63, 3.8) is 0 Å². The van der Waals surface area contributed by atoms with Crippen LogP contribution in [-0.2, 0) is 14.4 Å². The predicted molar refractivity (Wildman–Crippen MR) is 122 cm³/mol. The smallest absolute Gasteiger partial charge is 0.305 e. The highest BCUT2D eigenvalue weighted by Crippen LogP contribution is 2.64. The minimum Gasteiger partial charge on any atom is -0.326 e. The van der Waals surface area contributed by atoms with Crippen molar-refractivity contribution in [2.45, 2.75) is 30.0 Å². The molecule has 2 saturated carbocycles. The van der Waals surface area contributed by atoms with Crippen LogP contribution in [0.25, 0.3) is 6.08 Å². The number of carbonyl (C=O) groups excluding carboxylic acids is 3. The number of hydrogen-bond acceptors (Lipinski definition) is 6. The number of hydrogen-bond donors (Lipinski definition) is 2. The number of aromatic nitrogens is 1. The summed E-state index contributed by atoms with van der Waals surface area (Å²) in [6, 6.07) is 7.52. The number of H-pyrrole nitrogens is 1.